The second-order valence-electron chi connectivity index (χ2n) is 12.6. The number of aromatic nitrogens is 2. The fourth-order valence-electron chi connectivity index (χ4n) is 6.57. The third kappa shape index (κ3) is 7.60. The number of piperidine rings is 1. The molecule has 240 valence electrons. The van der Waals surface area contributed by atoms with E-state index in [1.165, 1.54) is 0 Å². The van der Waals surface area contributed by atoms with Gasteiger partial charge >= 0.3 is 0 Å². The molecule has 0 radical (unpaired) electrons. The monoisotopic (exact) mass is 628 g/mol. The van der Waals surface area contributed by atoms with Gasteiger partial charge < -0.3 is 19.4 Å². The highest BCUT2D eigenvalue weighted by molar-refractivity contribution is 5.97. The van der Waals surface area contributed by atoms with Gasteiger partial charge in [-0.1, -0.05) is 48.5 Å². The van der Waals surface area contributed by atoms with Crippen LogP contribution < -0.4 is 9.64 Å². The molecule has 1 saturated heterocycles. The number of amides is 2. The van der Waals surface area contributed by atoms with Gasteiger partial charge in [-0.05, 0) is 74.6 Å². The van der Waals surface area contributed by atoms with Gasteiger partial charge in [0.1, 0.15) is 23.3 Å². The summed E-state index contributed by atoms with van der Waals surface area (Å²) in [7, 11) is 0. The van der Waals surface area contributed by atoms with Crippen LogP contribution in [0.5, 0.6) is 5.75 Å². The molecule has 0 atom stereocenters. The summed E-state index contributed by atoms with van der Waals surface area (Å²) in [6.45, 7) is 5.85. The van der Waals surface area contributed by atoms with Gasteiger partial charge in [0.05, 0.1) is 17.7 Å². The van der Waals surface area contributed by atoms with Crippen molar-refractivity contribution in [2.45, 2.75) is 39.2 Å². The Morgan fingerprint density at radius 1 is 0.894 bits per heavy atom. The van der Waals surface area contributed by atoms with Gasteiger partial charge in [0.25, 0.3) is 11.8 Å². The van der Waals surface area contributed by atoms with Gasteiger partial charge in [0, 0.05) is 56.6 Å². The molecule has 6 rings (SSSR count). The number of hydrogen-bond acceptors (Lipinski definition) is 7. The summed E-state index contributed by atoms with van der Waals surface area (Å²) in [6, 6.07) is 28.9. The van der Waals surface area contributed by atoms with E-state index in [1.54, 1.807) is 18.3 Å². The molecular weight excluding hydrogens is 588 g/mol. The van der Waals surface area contributed by atoms with Crippen molar-refractivity contribution in [3.05, 3.63) is 119 Å². The Morgan fingerprint density at radius 2 is 1.68 bits per heavy atom. The zero-order chi connectivity index (χ0) is 32.6. The van der Waals surface area contributed by atoms with Crippen LogP contribution in [0.25, 0.3) is 0 Å². The Labute approximate surface area is 276 Å². The van der Waals surface area contributed by atoms with E-state index < -0.39 is 0 Å². The lowest BCUT2D eigenvalue weighted by Gasteiger charge is -2.42. The Balaban J connectivity index is 1.28. The van der Waals surface area contributed by atoms with Crippen molar-refractivity contribution in [1.29, 1.82) is 5.26 Å². The highest BCUT2D eigenvalue weighted by Gasteiger charge is 2.38. The molecule has 2 aliphatic rings. The molecule has 2 amide bonds. The average Bonchev–Trinajstić information content (AvgIpc) is 3.12. The Kier molecular flexibility index (Phi) is 9.77. The van der Waals surface area contributed by atoms with Crippen LogP contribution in [0.3, 0.4) is 0 Å². The van der Waals surface area contributed by atoms with Gasteiger partial charge in [-0.2, -0.15) is 5.26 Å². The van der Waals surface area contributed by atoms with Crippen LogP contribution >= 0.6 is 0 Å². The number of nitrogens with zero attached hydrogens (tertiary/aromatic N) is 6. The normalized spacial score (nSPS) is 17.0. The molecule has 0 N–H and O–H groups in total. The highest BCUT2D eigenvalue weighted by Crippen LogP contribution is 2.38. The molecule has 4 aromatic rings. The first kappa shape index (κ1) is 31.7. The fraction of sp³-hybridized carbons (Fsp3) is 0.342. The molecule has 1 fully saturated rings. The number of carbonyl (C=O) groups excluding carboxylic acids is 2. The van der Waals surface area contributed by atoms with Crippen LogP contribution in [-0.4, -0.2) is 70.9 Å². The standard InChI is InChI=1S/C38H40N6O3/c1-29-9-7-13-33(41-29)37(46)43-21-18-38(19-22-43)17-8-20-42(35-16-15-31(25-39)26-40-35)23-24-44(27-30-10-3-2-4-11-30)36(45)32-12-5-6-14-34(32)47-28-38/h2-7,9-16,26H,8,17-24,27-28H2,1H3. The van der Waals surface area contributed by atoms with Crippen molar-refractivity contribution < 1.29 is 14.3 Å². The minimum absolute atomic E-state index is 0.0402. The summed E-state index contributed by atoms with van der Waals surface area (Å²) in [5.41, 5.74) is 3.23. The third-order valence-corrected chi connectivity index (χ3v) is 9.35. The summed E-state index contributed by atoms with van der Waals surface area (Å²) >= 11 is 0. The Bertz CT molecular complexity index is 1730. The van der Waals surface area contributed by atoms with E-state index in [-0.39, 0.29) is 17.2 Å². The molecule has 9 nitrogen and oxygen atoms in total. The number of fused-ring (bicyclic) bond motifs is 1. The number of likely N-dealkylation sites (tertiary alicyclic amines) is 1. The van der Waals surface area contributed by atoms with Crippen molar-refractivity contribution in [3.8, 4) is 11.8 Å². The number of carbonyl (C=O) groups is 2. The van der Waals surface area contributed by atoms with Crippen LogP contribution in [0.2, 0.25) is 0 Å². The lowest BCUT2D eigenvalue weighted by atomic mass is 9.75. The second kappa shape index (κ2) is 14.5. The molecule has 4 heterocycles. The molecule has 0 bridgehead atoms. The maximum absolute atomic E-state index is 14.2. The second-order valence-corrected chi connectivity index (χ2v) is 12.6. The lowest BCUT2D eigenvalue weighted by molar-refractivity contribution is 0.0360. The maximum Gasteiger partial charge on any atom is 0.272 e. The first-order chi connectivity index (χ1) is 22.9. The van der Waals surface area contributed by atoms with Crippen LogP contribution in [0, 0.1) is 23.7 Å². The summed E-state index contributed by atoms with van der Waals surface area (Å²) < 4.78 is 6.58. The SMILES string of the molecule is Cc1cccc(C(=O)N2CCC3(CCCN(c4ccc(C#N)cn4)CCN(Cc4ccccc4)C(=O)c4ccccc4OC3)CC2)n1. The molecule has 2 aromatic heterocycles. The number of para-hydroxylation sites is 1. The van der Waals surface area contributed by atoms with Gasteiger partial charge in [0.2, 0.25) is 0 Å². The lowest BCUT2D eigenvalue weighted by Crippen LogP contribution is -2.46. The van der Waals surface area contributed by atoms with Crippen molar-refractivity contribution in [2.24, 2.45) is 5.41 Å². The topological polar surface area (TPSA) is 103 Å². The molecule has 47 heavy (non-hydrogen) atoms. The Morgan fingerprint density at radius 3 is 2.43 bits per heavy atom. The van der Waals surface area contributed by atoms with Crippen molar-refractivity contribution in [3.63, 3.8) is 0 Å². The van der Waals surface area contributed by atoms with Crippen LogP contribution in [0.4, 0.5) is 5.82 Å². The molecule has 0 unspecified atom stereocenters. The zero-order valence-corrected chi connectivity index (χ0v) is 26.8. The van der Waals surface area contributed by atoms with Crippen molar-refractivity contribution >= 4 is 17.6 Å². The molecular formula is C38H40N6O3. The minimum atomic E-state index is -0.172. The first-order valence-corrected chi connectivity index (χ1v) is 16.3. The van der Waals surface area contributed by atoms with E-state index in [1.807, 2.05) is 89.5 Å². The summed E-state index contributed by atoms with van der Waals surface area (Å²) in [5, 5.41) is 9.34. The largest absolute Gasteiger partial charge is 0.492 e. The molecule has 9 heteroatoms. The van der Waals surface area contributed by atoms with Crippen LogP contribution in [-0.2, 0) is 6.54 Å². The third-order valence-electron chi connectivity index (χ3n) is 9.35. The molecule has 0 saturated carbocycles. The Hall–Kier alpha value is -5.23. The van der Waals surface area contributed by atoms with E-state index in [9.17, 15) is 14.9 Å². The van der Waals surface area contributed by atoms with Crippen LogP contribution in [0.15, 0.2) is 91.1 Å². The molecule has 2 aromatic carbocycles. The summed E-state index contributed by atoms with van der Waals surface area (Å²) in [4.78, 5) is 42.6. The molecule has 1 spiro atoms. The predicted octanol–water partition coefficient (Wildman–Crippen LogP) is 5.90. The molecule has 2 aliphatic heterocycles. The number of nitriles is 1. The van der Waals surface area contributed by atoms with Gasteiger partial charge in [0.15, 0.2) is 0 Å². The summed E-state index contributed by atoms with van der Waals surface area (Å²) in [5.74, 6) is 1.24. The van der Waals surface area contributed by atoms with Gasteiger partial charge in [-0.25, -0.2) is 9.97 Å². The quantitative estimate of drug-likeness (QED) is 0.277. The smallest absolute Gasteiger partial charge is 0.272 e. The zero-order valence-electron chi connectivity index (χ0n) is 26.8. The van der Waals surface area contributed by atoms with Crippen molar-refractivity contribution in [2.75, 3.05) is 44.2 Å². The minimum Gasteiger partial charge on any atom is -0.492 e. The van der Waals surface area contributed by atoms with E-state index in [0.717, 1.165) is 49.3 Å². The highest BCUT2D eigenvalue weighted by atomic mass is 16.5. The summed E-state index contributed by atoms with van der Waals surface area (Å²) in [6.07, 6.45) is 4.96. The van der Waals surface area contributed by atoms with Crippen LogP contribution in [0.1, 0.15) is 63.4 Å². The molecule has 0 aliphatic carbocycles. The van der Waals surface area contributed by atoms with E-state index >= 15 is 0 Å². The number of rotatable bonds is 4. The van der Waals surface area contributed by atoms with E-state index in [2.05, 4.69) is 20.9 Å². The number of ether oxygens (including phenoxy) is 1. The maximum atomic E-state index is 14.2. The van der Waals surface area contributed by atoms with E-state index in [4.69, 9.17) is 4.74 Å². The fourth-order valence-corrected chi connectivity index (χ4v) is 6.57. The number of aryl methyl sites for hydroxylation is 1. The average molecular weight is 629 g/mol. The number of hydrogen-bond donors (Lipinski definition) is 0. The number of benzene rings is 2. The number of anilines is 1. The predicted molar refractivity (Wildman–Crippen MR) is 180 cm³/mol. The van der Waals surface area contributed by atoms with Gasteiger partial charge in [-0.15, -0.1) is 0 Å². The van der Waals surface area contributed by atoms with E-state index in [0.29, 0.717) is 61.9 Å². The van der Waals surface area contributed by atoms with Crippen molar-refractivity contribution in [1.82, 2.24) is 19.8 Å². The number of pyridine rings is 2. The van der Waals surface area contributed by atoms with Gasteiger partial charge in [-0.3, -0.25) is 9.59 Å². The first-order valence-electron chi connectivity index (χ1n) is 16.3.